The average molecular weight is 453 g/mol. The molecule has 0 atom stereocenters. The van der Waals surface area contributed by atoms with E-state index in [0.29, 0.717) is 0 Å². The lowest BCUT2D eigenvalue weighted by Crippen LogP contribution is -2.33. The molecule has 1 aromatic heterocycles. The van der Waals surface area contributed by atoms with Gasteiger partial charge in [0, 0.05) is 45.8 Å². The molecule has 0 radical (unpaired) electrons. The Kier molecular flexibility index (Phi) is 9.64. The molecule has 0 saturated heterocycles. The second kappa shape index (κ2) is 13.6. The fourth-order valence-corrected chi connectivity index (χ4v) is 4.23. The lowest BCUT2D eigenvalue weighted by Gasteiger charge is -2.21. The summed E-state index contributed by atoms with van der Waals surface area (Å²) in [6.45, 7) is 7.68. The highest BCUT2D eigenvalue weighted by molar-refractivity contribution is 5.49. The van der Waals surface area contributed by atoms with Crippen molar-refractivity contribution in [2.75, 3.05) is 39.3 Å². The van der Waals surface area contributed by atoms with Gasteiger partial charge in [0.2, 0.25) is 0 Å². The van der Waals surface area contributed by atoms with Crippen LogP contribution < -0.4 is 5.32 Å². The van der Waals surface area contributed by atoms with Crippen LogP contribution in [0.25, 0.3) is 12.2 Å². The fourth-order valence-electron chi connectivity index (χ4n) is 4.23. The molecule has 4 rings (SSSR count). The summed E-state index contributed by atoms with van der Waals surface area (Å²) >= 11 is 0. The van der Waals surface area contributed by atoms with E-state index in [4.69, 9.17) is 4.98 Å². The van der Waals surface area contributed by atoms with Crippen LogP contribution in [-0.2, 0) is 13.1 Å². The van der Waals surface area contributed by atoms with E-state index in [9.17, 15) is 0 Å². The summed E-state index contributed by atoms with van der Waals surface area (Å²) in [6, 6.07) is 27.5. The van der Waals surface area contributed by atoms with Crippen molar-refractivity contribution in [1.29, 1.82) is 0 Å². The zero-order chi connectivity index (χ0) is 23.3. The van der Waals surface area contributed by atoms with E-state index in [2.05, 4.69) is 118 Å². The fraction of sp³-hybridized carbons (Fsp3) is 0.300. The molecule has 0 spiro atoms. The first-order chi connectivity index (χ1) is 16.8. The van der Waals surface area contributed by atoms with Crippen molar-refractivity contribution in [3.05, 3.63) is 114 Å². The first kappa shape index (κ1) is 24.1. The van der Waals surface area contributed by atoms with E-state index in [1.165, 1.54) is 11.1 Å². The summed E-state index contributed by atoms with van der Waals surface area (Å²) in [5.41, 5.74) is 4.78. The van der Waals surface area contributed by atoms with Gasteiger partial charge in [-0.1, -0.05) is 91.0 Å². The van der Waals surface area contributed by atoms with Crippen LogP contribution in [0.3, 0.4) is 0 Å². The lowest BCUT2D eigenvalue weighted by molar-refractivity contribution is 0.283. The van der Waals surface area contributed by atoms with Crippen molar-refractivity contribution in [3.63, 3.8) is 0 Å². The second-order valence-corrected chi connectivity index (χ2v) is 8.82. The van der Waals surface area contributed by atoms with E-state index in [-0.39, 0.29) is 0 Å². The SMILES string of the molecule is C(=C\c1ccccc1)/CN1CCCNCCN(C/C=C/c2ccccc2)Cc2cccc(n2)C1. The normalized spacial score (nSPS) is 16.8. The number of aromatic nitrogens is 1. The van der Waals surface area contributed by atoms with E-state index in [1.54, 1.807) is 0 Å². The van der Waals surface area contributed by atoms with Crippen LogP contribution in [0.5, 0.6) is 0 Å². The zero-order valence-electron chi connectivity index (χ0n) is 20.0. The summed E-state index contributed by atoms with van der Waals surface area (Å²) < 4.78 is 0. The Balaban J connectivity index is 1.40. The molecule has 0 fully saturated rings. The monoisotopic (exact) mass is 452 g/mol. The van der Waals surface area contributed by atoms with Crippen molar-refractivity contribution in [1.82, 2.24) is 20.1 Å². The lowest BCUT2D eigenvalue weighted by atomic mass is 10.2. The minimum Gasteiger partial charge on any atom is -0.315 e. The maximum atomic E-state index is 5.02. The smallest absolute Gasteiger partial charge is 0.0548 e. The van der Waals surface area contributed by atoms with Gasteiger partial charge in [0.05, 0.1) is 11.4 Å². The molecule has 3 aromatic rings. The number of nitrogens with zero attached hydrogens (tertiary/aromatic N) is 3. The number of rotatable bonds is 6. The van der Waals surface area contributed by atoms with Gasteiger partial charge in [-0.05, 0) is 36.2 Å². The summed E-state index contributed by atoms with van der Waals surface area (Å²) in [7, 11) is 0. The van der Waals surface area contributed by atoms with E-state index < -0.39 is 0 Å². The van der Waals surface area contributed by atoms with Crippen molar-refractivity contribution in [3.8, 4) is 0 Å². The Labute approximate surface area is 204 Å². The average Bonchev–Trinajstić information content (AvgIpc) is 2.88. The Bertz CT molecular complexity index is 949. The summed E-state index contributed by atoms with van der Waals surface area (Å²) in [5.74, 6) is 0. The van der Waals surface area contributed by atoms with Gasteiger partial charge in [-0.2, -0.15) is 0 Å². The van der Waals surface area contributed by atoms with Crippen LogP contribution in [-0.4, -0.2) is 54.1 Å². The maximum Gasteiger partial charge on any atom is 0.0548 e. The maximum absolute atomic E-state index is 5.02. The van der Waals surface area contributed by atoms with Crippen LogP contribution in [0.4, 0.5) is 0 Å². The van der Waals surface area contributed by atoms with Gasteiger partial charge in [0.1, 0.15) is 0 Å². The summed E-state index contributed by atoms with van der Waals surface area (Å²) in [6.07, 6.45) is 10.1. The molecule has 0 amide bonds. The summed E-state index contributed by atoms with van der Waals surface area (Å²) in [5, 5.41) is 3.64. The van der Waals surface area contributed by atoms with Gasteiger partial charge in [0.25, 0.3) is 0 Å². The number of fused-ring (bicyclic) bond motifs is 2. The van der Waals surface area contributed by atoms with Crippen LogP contribution in [0.1, 0.15) is 28.9 Å². The minimum atomic E-state index is 0.864. The number of benzene rings is 2. The standard InChI is InChI=1S/C30H36N4/c1-3-11-27(12-4-1)15-8-21-33-23-10-19-31-20-24-34(22-9-16-28-13-5-2-6-14-28)26-30-18-7-17-29(25-33)32-30/h1-9,11-18,31H,10,19-26H2/b15-8+,16-9+. The van der Waals surface area contributed by atoms with Gasteiger partial charge < -0.3 is 5.32 Å². The molecule has 2 heterocycles. The topological polar surface area (TPSA) is 31.4 Å². The van der Waals surface area contributed by atoms with Gasteiger partial charge >= 0.3 is 0 Å². The highest BCUT2D eigenvalue weighted by atomic mass is 15.2. The molecule has 4 nitrogen and oxygen atoms in total. The molecule has 4 heteroatoms. The largest absolute Gasteiger partial charge is 0.315 e. The van der Waals surface area contributed by atoms with Gasteiger partial charge in [-0.15, -0.1) is 0 Å². The molecule has 0 aliphatic carbocycles. The number of pyridine rings is 1. The molecule has 0 saturated carbocycles. The molecular formula is C30H36N4. The van der Waals surface area contributed by atoms with Crippen LogP contribution >= 0.6 is 0 Å². The van der Waals surface area contributed by atoms with Crippen LogP contribution in [0, 0.1) is 0 Å². The zero-order valence-corrected chi connectivity index (χ0v) is 20.0. The highest BCUT2D eigenvalue weighted by Gasteiger charge is 2.10. The minimum absolute atomic E-state index is 0.864. The molecule has 1 aliphatic heterocycles. The van der Waals surface area contributed by atoms with E-state index in [1.807, 2.05) is 0 Å². The van der Waals surface area contributed by atoms with Crippen LogP contribution in [0.2, 0.25) is 0 Å². The Morgan fingerprint density at radius 2 is 1.21 bits per heavy atom. The van der Waals surface area contributed by atoms with Crippen molar-refractivity contribution < 1.29 is 0 Å². The summed E-state index contributed by atoms with van der Waals surface area (Å²) in [4.78, 5) is 9.98. The highest BCUT2D eigenvalue weighted by Crippen LogP contribution is 2.10. The molecular weight excluding hydrogens is 416 g/mol. The third kappa shape index (κ3) is 8.38. The predicted molar refractivity (Wildman–Crippen MR) is 143 cm³/mol. The second-order valence-electron chi connectivity index (χ2n) is 8.82. The Morgan fingerprint density at radius 1 is 0.647 bits per heavy atom. The molecule has 1 aliphatic rings. The molecule has 176 valence electrons. The van der Waals surface area contributed by atoms with Gasteiger partial charge in [-0.3, -0.25) is 14.8 Å². The Morgan fingerprint density at radius 3 is 1.79 bits per heavy atom. The molecule has 1 N–H and O–H groups in total. The molecule has 2 aromatic carbocycles. The number of nitrogens with one attached hydrogen (secondary N) is 1. The van der Waals surface area contributed by atoms with Gasteiger partial charge in [-0.25, -0.2) is 0 Å². The molecule has 2 bridgehead atoms. The van der Waals surface area contributed by atoms with Gasteiger partial charge in [0.15, 0.2) is 0 Å². The quantitative estimate of drug-likeness (QED) is 0.563. The third-order valence-electron chi connectivity index (χ3n) is 6.02. The molecule has 34 heavy (non-hydrogen) atoms. The van der Waals surface area contributed by atoms with Crippen LogP contribution in [0.15, 0.2) is 91.0 Å². The number of hydrogen-bond donors (Lipinski definition) is 1. The van der Waals surface area contributed by atoms with Crippen molar-refractivity contribution >= 4 is 12.2 Å². The first-order valence-corrected chi connectivity index (χ1v) is 12.4. The first-order valence-electron chi connectivity index (χ1n) is 12.4. The predicted octanol–water partition coefficient (Wildman–Crippen LogP) is 5.11. The van der Waals surface area contributed by atoms with Crippen molar-refractivity contribution in [2.24, 2.45) is 0 Å². The number of hydrogen-bond acceptors (Lipinski definition) is 4. The molecule has 0 unspecified atom stereocenters. The third-order valence-corrected chi connectivity index (χ3v) is 6.02. The van der Waals surface area contributed by atoms with E-state index in [0.717, 1.165) is 70.2 Å². The Hall–Kier alpha value is -3.05. The van der Waals surface area contributed by atoms with E-state index >= 15 is 0 Å². The van der Waals surface area contributed by atoms with Crippen molar-refractivity contribution in [2.45, 2.75) is 19.5 Å².